The Morgan fingerprint density at radius 2 is 0.720 bits per heavy atom. The van der Waals surface area contributed by atoms with Crippen molar-refractivity contribution in [2.45, 2.75) is 0 Å². The zero-order chi connectivity index (χ0) is 34.8. The number of hydrogen-bond acceptors (Lipinski definition) is 8. The van der Waals surface area contributed by atoms with E-state index in [0.717, 1.165) is 55.5 Å². The van der Waals surface area contributed by atoms with Crippen LogP contribution in [0.15, 0.2) is 109 Å². The summed E-state index contributed by atoms with van der Waals surface area (Å²) in [7, 11) is 9.81. The van der Waals surface area contributed by atoms with E-state index in [0.29, 0.717) is 45.5 Å². The summed E-state index contributed by atoms with van der Waals surface area (Å²) < 4.78 is 35.0. The Morgan fingerprint density at radius 3 is 1.02 bits per heavy atom. The van der Waals surface area contributed by atoms with Crippen molar-refractivity contribution in [3.8, 4) is 79.3 Å². The fraction of sp³-hybridized carbons (Fsp3) is 0.143. The quantitative estimate of drug-likeness (QED) is 0.134. The van der Waals surface area contributed by atoms with E-state index < -0.39 is 0 Å². The van der Waals surface area contributed by atoms with Crippen molar-refractivity contribution < 1.29 is 28.4 Å². The lowest BCUT2D eigenvalue weighted by molar-refractivity contribution is 0.377. The van der Waals surface area contributed by atoms with Crippen molar-refractivity contribution in [2.24, 2.45) is 0 Å². The third-order valence-corrected chi connectivity index (χ3v) is 8.87. The van der Waals surface area contributed by atoms with Gasteiger partial charge in [0.2, 0.25) is 0 Å². The molecule has 2 heterocycles. The maximum atomic E-state index is 5.96. The first kappa shape index (κ1) is 32.3. The molecule has 250 valence electrons. The fourth-order valence-electron chi connectivity index (χ4n) is 6.44. The van der Waals surface area contributed by atoms with Gasteiger partial charge in [0.05, 0.1) is 76.2 Å². The topological polar surface area (TPSA) is 81.2 Å². The van der Waals surface area contributed by atoms with Gasteiger partial charge >= 0.3 is 0 Å². The Labute approximate surface area is 290 Å². The number of hydrogen-bond donors (Lipinski definition) is 0. The molecule has 0 atom stereocenters. The van der Waals surface area contributed by atoms with Gasteiger partial charge in [-0.2, -0.15) is 0 Å². The van der Waals surface area contributed by atoms with E-state index in [1.54, 1.807) is 42.7 Å². The van der Waals surface area contributed by atoms with Crippen LogP contribution in [-0.4, -0.2) is 52.6 Å². The van der Waals surface area contributed by atoms with Crippen molar-refractivity contribution in [1.29, 1.82) is 0 Å². The summed E-state index contributed by atoms with van der Waals surface area (Å²) in [5.74, 6) is 3.66. The van der Waals surface area contributed by atoms with Crippen LogP contribution in [0.1, 0.15) is 0 Å². The Morgan fingerprint density at radius 1 is 0.380 bits per heavy atom. The second-order valence-electron chi connectivity index (χ2n) is 11.5. The van der Waals surface area contributed by atoms with E-state index >= 15 is 0 Å². The number of methoxy groups -OCH3 is 6. The maximum Gasteiger partial charge on any atom is 0.134 e. The predicted molar refractivity (Wildman–Crippen MR) is 198 cm³/mol. The van der Waals surface area contributed by atoms with Crippen LogP contribution in [0, 0.1) is 0 Å². The Balaban J connectivity index is 1.66. The van der Waals surface area contributed by atoms with Crippen LogP contribution < -0.4 is 28.4 Å². The molecule has 0 unspecified atom stereocenters. The zero-order valence-electron chi connectivity index (χ0n) is 28.7. The van der Waals surface area contributed by atoms with E-state index in [2.05, 4.69) is 24.3 Å². The minimum Gasteiger partial charge on any atom is -0.496 e. The lowest BCUT2D eigenvalue weighted by Gasteiger charge is -2.20. The van der Waals surface area contributed by atoms with Crippen LogP contribution in [0.25, 0.3) is 66.6 Å². The molecule has 2 aromatic heterocycles. The van der Waals surface area contributed by atoms with Crippen molar-refractivity contribution >= 4 is 21.8 Å². The molecule has 0 saturated heterocycles. The number of fused-ring (bicyclic) bond motifs is 3. The van der Waals surface area contributed by atoms with Gasteiger partial charge in [-0.1, -0.05) is 72.8 Å². The van der Waals surface area contributed by atoms with E-state index in [1.807, 2.05) is 84.9 Å². The average molecular weight is 665 g/mol. The average Bonchev–Trinajstić information content (AvgIpc) is 3.19. The summed E-state index contributed by atoms with van der Waals surface area (Å²) in [6.45, 7) is 0. The molecule has 0 aliphatic heterocycles. The molecule has 0 radical (unpaired) electrons. The van der Waals surface area contributed by atoms with E-state index in [-0.39, 0.29) is 0 Å². The fourth-order valence-corrected chi connectivity index (χ4v) is 6.44. The summed E-state index contributed by atoms with van der Waals surface area (Å²) in [5, 5.41) is 1.74. The zero-order valence-corrected chi connectivity index (χ0v) is 28.7. The van der Waals surface area contributed by atoms with E-state index in [4.69, 9.17) is 38.4 Å². The summed E-state index contributed by atoms with van der Waals surface area (Å²) >= 11 is 0. The van der Waals surface area contributed by atoms with Crippen molar-refractivity contribution in [2.75, 3.05) is 42.7 Å². The number of benzene rings is 5. The van der Waals surface area contributed by atoms with Gasteiger partial charge in [-0.05, 0) is 12.1 Å². The highest BCUT2D eigenvalue weighted by atomic mass is 16.5. The van der Waals surface area contributed by atoms with Crippen molar-refractivity contribution in [3.05, 3.63) is 109 Å². The molecule has 7 rings (SSSR count). The molecule has 7 aromatic rings. The highest BCUT2D eigenvalue weighted by Crippen LogP contribution is 2.49. The van der Waals surface area contributed by atoms with Gasteiger partial charge in [0.25, 0.3) is 0 Å². The Bertz CT molecular complexity index is 2130. The number of pyridine rings is 2. The molecule has 0 aliphatic rings. The molecule has 0 amide bonds. The van der Waals surface area contributed by atoms with Crippen molar-refractivity contribution in [1.82, 2.24) is 9.97 Å². The normalized spacial score (nSPS) is 11.0. The first-order chi connectivity index (χ1) is 24.5. The molecular formula is C42H36N2O6. The standard InChI is InChI=1S/C42H36N2O6/c1-45-27-19-35(47-3)39(36(20-27)48-4)31-23-33(25-13-9-7-10-14-25)43-41-29(31)17-18-30-32(24-34(44-42(30)41)26-15-11-8-12-16-26)40-37(49-5)21-28(46-2)22-38(40)50-6/h7-24H,1-6H3. The first-order valence-corrected chi connectivity index (χ1v) is 16.0. The molecule has 0 bridgehead atoms. The van der Waals surface area contributed by atoms with Crippen LogP contribution in [-0.2, 0) is 0 Å². The monoisotopic (exact) mass is 664 g/mol. The Kier molecular flexibility index (Phi) is 8.83. The molecule has 0 fully saturated rings. The SMILES string of the molecule is COc1cc(OC)c(-c2cc(-c3ccccc3)nc3c2ccc2c(-c4c(OC)cc(OC)cc4OC)cc(-c4ccccc4)nc23)c(OC)c1. The highest BCUT2D eigenvalue weighted by molar-refractivity contribution is 6.14. The third-order valence-electron chi connectivity index (χ3n) is 8.87. The Hall–Kier alpha value is -6.28. The molecule has 0 saturated carbocycles. The predicted octanol–water partition coefficient (Wildman–Crippen LogP) is 9.50. The first-order valence-electron chi connectivity index (χ1n) is 16.0. The second kappa shape index (κ2) is 13.7. The van der Waals surface area contributed by atoms with Gasteiger partial charge in [0.1, 0.15) is 34.5 Å². The minimum absolute atomic E-state index is 0.604. The van der Waals surface area contributed by atoms with Crippen molar-refractivity contribution in [3.63, 3.8) is 0 Å². The van der Waals surface area contributed by atoms with Crippen LogP contribution in [0.4, 0.5) is 0 Å². The summed E-state index contributed by atoms with van der Waals surface area (Å²) in [5.41, 5.74) is 8.18. The van der Waals surface area contributed by atoms with Crippen LogP contribution in [0.3, 0.4) is 0 Å². The lowest BCUT2D eigenvalue weighted by Crippen LogP contribution is -2.00. The van der Waals surface area contributed by atoms with Gasteiger partial charge < -0.3 is 28.4 Å². The summed E-state index contributed by atoms with van der Waals surface area (Å²) in [4.78, 5) is 10.7. The number of nitrogens with zero attached hydrogens (tertiary/aromatic N) is 2. The van der Waals surface area contributed by atoms with Gasteiger partial charge in [-0.3, -0.25) is 0 Å². The number of rotatable bonds is 10. The molecule has 8 heteroatoms. The molecular weight excluding hydrogens is 628 g/mol. The smallest absolute Gasteiger partial charge is 0.134 e. The molecule has 0 N–H and O–H groups in total. The molecule has 0 spiro atoms. The van der Waals surface area contributed by atoms with Gasteiger partial charge in [-0.15, -0.1) is 0 Å². The minimum atomic E-state index is 0.604. The molecule has 5 aromatic carbocycles. The van der Waals surface area contributed by atoms with Crippen LogP contribution in [0.2, 0.25) is 0 Å². The summed E-state index contributed by atoms with van der Waals surface area (Å²) in [6, 6.07) is 35.9. The van der Waals surface area contributed by atoms with Crippen LogP contribution in [0.5, 0.6) is 34.5 Å². The van der Waals surface area contributed by atoms with Crippen LogP contribution >= 0.6 is 0 Å². The summed E-state index contributed by atoms with van der Waals surface area (Å²) in [6.07, 6.45) is 0. The van der Waals surface area contributed by atoms with Gasteiger partial charge in [-0.25, -0.2) is 9.97 Å². The molecule has 0 aliphatic carbocycles. The second-order valence-corrected chi connectivity index (χ2v) is 11.5. The molecule has 50 heavy (non-hydrogen) atoms. The van der Waals surface area contributed by atoms with E-state index in [1.165, 1.54) is 0 Å². The third kappa shape index (κ3) is 5.64. The number of ether oxygens (including phenoxy) is 6. The van der Waals surface area contributed by atoms with E-state index in [9.17, 15) is 0 Å². The lowest BCUT2D eigenvalue weighted by atomic mass is 9.92. The highest BCUT2D eigenvalue weighted by Gasteiger charge is 2.24. The van der Waals surface area contributed by atoms with Gasteiger partial charge in [0.15, 0.2) is 0 Å². The molecule has 8 nitrogen and oxygen atoms in total. The van der Waals surface area contributed by atoms with Gasteiger partial charge in [0, 0.05) is 57.3 Å². The largest absolute Gasteiger partial charge is 0.496 e. The maximum absolute atomic E-state index is 5.96. The number of aromatic nitrogens is 2.